The number of ether oxygens (including phenoxy) is 1. The quantitative estimate of drug-likeness (QED) is 0.403. The van der Waals surface area contributed by atoms with Gasteiger partial charge in [0.05, 0.1) is 5.69 Å². The molecule has 0 N–H and O–H groups in total. The van der Waals surface area contributed by atoms with Crippen LogP contribution in [0.4, 0.5) is 10.1 Å². The van der Waals surface area contributed by atoms with E-state index in [1.807, 2.05) is 49.4 Å². The van der Waals surface area contributed by atoms with Crippen LogP contribution in [-0.4, -0.2) is 6.21 Å². The molecule has 0 saturated heterocycles. The van der Waals surface area contributed by atoms with Gasteiger partial charge in [0.25, 0.3) is 0 Å². The number of aliphatic imine (C=N–C) groups is 1. The summed E-state index contributed by atoms with van der Waals surface area (Å²) in [6, 6.07) is 17.7. The maximum Gasteiger partial charge on any atom is 0.128 e. The van der Waals surface area contributed by atoms with E-state index in [4.69, 9.17) is 16.3 Å². The number of hydrogen-bond acceptors (Lipinski definition) is 2. The molecule has 5 heteroatoms. The van der Waals surface area contributed by atoms with Crippen molar-refractivity contribution >= 4 is 39.4 Å². The maximum atomic E-state index is 13.3. The Morgan fingerprint density at radius 3 is 2.73 bits per heavy atom. The number of rotatable bonds is 5. The van der Waals surface area contributed by atoms with Crippen LogP contribution in [0, 0.1) is 12.7 Å². The normalized spacial score (nSPS) is 11.1. The second-order valence-corrected chi connectivity index (χ2v) is 7.12. The summed E-state index contributed by atoms with van der Waals surface area (Å²) in [6.07, 6.45) is 1.73. The molecule has 0 amide bonds. The lowest BCUT2D eigenvalue weighted by atomic mass is 10.2. The molecule has 0 saturated carbocycles. The van der Waals surface area contributed by atoms with Crippen molar-refractivity contribution in [2.45, 2.75) is 13.5 Å². The predicted octanol–water partition coefficient (Wildman–Crippen LogP) is 6.88. The molecule has 0 unspecified atom stereocenters. The summed E-state index contributed by atoms with van der Waals surface area (Å²) in [7, 11) is 0. The van der Waals surface area contributed by atoms with Crippen molar-refractivity contribution in [3.63, 3.8) is 0 Å². The first-order valence-corrected chi connectivity index (χ1v) is 9.15. The average Bonchev–Trinajstić information content (AvgIpc) is 2.62. The van der Waals surface area contributed by atoms with Crippen LogP contribution < -0.4 is 4.74 Å². The van der Waals surface area contributed by atoms with Crippen LogP contribution in [0.3, 0.4) is 0 Å². The van der Waals surface area contributed by atoms with Crippen LogP contribution in [0.5, 0.6) is 5.75 Å². The molecule has 0 fully saturated rings. The van der Waals surface area contributed by atoms with E-state index in [1.54, 1.807) is 12.3 Å². The van der Waals surface area contributed by atoms with E-state index in [1.165, 1.54) is 12.1 Å². The number of benzene rings is 3. The Balaban J connectivity index is 1.81. The largest absolute Gasteiger partial charge is 0.488 e. The Kier molecular flexibility index (Phi) is 6.07. The van der Waals surface area contributed by atoms with Crippen molar-refractivity contribution < 1.29 is 9.13 Å². The van der Waals surface area contributed by atoms with E-state index in [-0.39, 0.29) is 12.4 Å². The first-order valence-electron chi connectivity index (χ1n) is 7.98. The smallest absolute Gasteiger partial charge is 0.128 e. The standard InChI is InChI=1S/C21H16BrClFNO/c1-14-5-7-19(11-20(14)23)25-12-16-10-17(22)6-8-21(16)26-13-15-3-2-4-18(24)9-15/h2-12H,13H2,1H3. The van der Waals surface area contributed by atoms with Gasteiger partial charge < -0.3 is 4.74 Å². The minimum atomic E-state index is -0.278. The van der Waals surface area contributed by atoms with Gasteiger partial charge in [0.2, 0.25) is 0 Å². The lowest BCUT2D eigenvalue weighted by Gasteiger charge is -2.10. The average molecular weight is 433 g/mol. The zero-order valence-corrected chi connectivity index (χ0v) is 16.4. The molecule has 0 aliphatic heterocycles. The van der Waals surface area contributed by atoms with E-state index in [2.05, 4.69) is 20.9 Å². The summed E-state index contributed by atoms with van der Waals surface area (Å²) in [6.45, 7) is 2.22. The second-order valence-electron chi connectivity index (χ2n) is 5.79. The first kappa shape index (κ1) is 18.6. The number of nitrogens with zero attached hydrogens (tertiary/aromatic N) is 1. The fourth-order valence-corrected chi connectivity index (χ4v) is 2.90. The highest BCUT2D eigenvalue weighted by Crippen LogP contribution is 2.25. The number of hydrogen-bond donors (Lipinski definition) is 0. The SMILES string of the molecule is Cc1ccc(N=Cc2cc(Br)ccc2OCc2cccc(F)c2)cc1Cl. The molecular formula is C21H16BrClFNO. The third-order valence-corrected chi connectivity index (χ3v) is 4.66. The molecule has 0 radical (unpaired) electrons. The molecule has 0 aromatic heterocycles. The lowest BCUT2D eigenvalue weighted by molar-refractivity contribution is 0.305. The van der Waals surface area contributed by atoms with E-state index < -0.39 is 0 Å². The zero-order valence-electron chi connectivity index (χ0n) is 14.0. The Morgan fingerprint density at radius 1 is 1.12 bits per heavy atom. The molecule has 3 aromatic rings. The van der Waals surface area contributed by atoms with Crippen molar-refractivity contribution in [1.29, 1.82) is 0 Å². The van der Waals surface area contributed by atoms with E-state index in [9.17, 15) is 4.39 Å². The molecule has 0 atom stereocenters. The van der Waals surface area contributed by atoms with E-state index in [0.29, 0.717) is 10.8 Å². The van der Waals surface area contributed by atoms with Crippen molar-refractivity contribution in [3.8, 4) is 5.75 Å². The molecular weight excluding hydrogens is 417 g/mol. The minimum absolute atomic E-state index is 0.274. The minimum Gasteiger partial charge on any atom is -0.488 e. The van der Waals surface area contributed by atoms with Crippen LogP contribution in [0.1, 0.15) is 16.7 Å². The highest BCUT2D eigenvalue weighted by Gasteiger charge is 2.05. The van der Waals surface area contributed by atoms with Gasteiger partial charge in [0.1, 0.15) is 18.2 Å². The summed E-state index contributed by atoms with van der Waals surface area (Å²) in [5, 5.41) is 0.677. The first-order chi connectivity index (χ1) is 12.5. The van der Waals surface area contributed by atoms with Gasteiger partial charge in [0.15, 0.2) is 0 Å². The molecule has 0 spiro atoms. The highest BCUT2D eigenvalue weighted by atomic mass is 79.9. The van der Waals surface area contributed by atoms with Gasteiger partial charge >= 0.3 is 0 Å². The summed E-state index contributed by atoms with van der Waals surface area (Å²) in [5.74, 6) is 0.388. The van der Waals surface area contributed by atoms with Crippen molar-refractivity contribution in [3.05, 3.63) is 92.7 Å². The molecule has 132 valence electrons. The lowest BCUT2D eigenvalue weighted by Crippen LogP contribution is -1.99. The van der Waals surface area contributed by atoms with Crippen LogP contribution >= 0.6 is 27.5 Å². The number of aryl methyl sites for hydroxylation is 1. The molecule has 0 aliphatic rings. The summed E-state index contributed by atoms with van der Waals surface area (Å²) in [4.78, 5) is 4.48. The Morgan fingerprint density at radius 2 is 1.96 bits per heavy atom. The van der Waals surface area contributed by atoms with E-state index in [0.717, 1.165) is 26.9 Å². The Hall–Kier alpha value is -2.17. The fraction of sp³-hybridized carbons (Fsp3) is 0.0952. The monoisotopic (exact) mass is 431 g/mol. The summed E-state index contributed by atoms with van der Waals surface area (Å²) < 4.78 is 20.1. The summed E-state index contributed by atoms with van der Waals surface area (Å²) >= 11 is 9.61. The Bertz CT molecular complexity index is 958. The van der Waals surface area contributed by atoms with Gasteiger partial charge in [-0.3, -0.25) is 4.99 Å². The topological polar surface area (TPSA) is 21.6 Å². The zero-order chi connectivity index (χ0) is 18.5. The molecule has 3 aromatic carbocycles. The summed E-state index contributed by atoms with van der Waals surface area (Å²) in [5.41, 5.74) is 3.34. The van der Waals surface area contributed by atoms with Crippen LogP contribution in [0.15, 0.2) is 70.1 Å². The molecule has 0 heterocycles. The molecule has 0 bridgehead atoms. The van der Waals surface area contributed by atoms with Crippen molar-refractivity contribution in [2.24, 2.45) is 4.99 Å². The molecule has 3 rings (SSSR count). The van der Waals surface area contributed by atoms with Crippen LogP contribution in [0.2, 0.25) is 5.02 Å². The van der Waals surface area contributed by atoms with Crippen molar-refractivity contribution in [2.75, 3.05) is 0 Å². The maximum absolute atomic E-state index is 13.3. The van der Waals surface area contributed by atoms with E-state index >= 15 is 0 Å². The van der Waals surface area contributed by atoms with Gasteiger partial charge in [-0.15, -0.1) is 0 Å². The molecule has 26 heavy (non-hydrogen) atoms. The van der Waals surface area contributed by atoms with Gasteiger partial charge in [-0.1, -0.05) is 45.7 Å². The Labute approximate surface area is 165 Å². The van der Waals surface area contributed by atoms with Gasteiger partial charge in [0, 0.05) is 21.3 Å². The molecule has 0 aliphatic carbocycles. The third kappa shape index (κ3) is 4.93. The molecule has 2 nitrogen and oxygen atoms in total. The van der Waals surface area contributed by atoms with Crippen LogP contribution in [-0.2, 0) is 6.61 Å². The van der Waals surface area contributed by atoms with Crippen molar-refractivity contribution in [1.82, 2.24) is 0 Å². The third-order valence-electron chi connectivity index (χ3n) is 3.76. The second kappa shape index (κ2) is 8.47. The van der Waals surface area contributed by atoms with Crippen LogP contribution in [0.25, 0.3) is 0 Å². The fourth-order valence-electron chi connectivity index (χ4n) is 2.35. The van der Waals surface area contributed by atoms with Gasteiger partial charge in [-0.05, 0) is 60.5 Å². The predicted molar refractivity (Wildman–Crippen MR) is 108 cm³/mol. The highest BCUT2D eigenvalue weighted by molar-refractivity contribution is 9.10. The van der Waals surface area contributed by atoms with Gasteiger partial charge in [-0.2, -0.15) is 0 Å². The number of halogens is 3. The van der Waals surface area contributed by atoms with Gasteiger partial charge in [-0.25, -0.2) is 4.39 Å².